The predicted molar refractivity (Wildman–Crippen MR) is 82.6 cm³/mol. The third-order valence-electron chi connectivity index (χ3n) is 2.28. The Balaban J connectivity index is 0. The van der Waals surface area contributed by atoms with Crippen molar-refractivity contribution in [3.05, 3.63) is 0 Å². The average molecular weight is 379 g/mol. The van der Waals surface area contributed by atoms with Gasteiger partial charge in [0.15, 0.2) is 0 Å². The van der Waals surface area contributed by atoms with Crippen LogP contribution in [0.4, 0.5) is 13.2 Å². The Hall–Kier alpha value is -0.980. The van der Waals surface area contributed by atoms with Crippen LogP contribution in [0.3, 0.4) is 0 Å². The lowest BCUT2D eigenvalue weighted by Gasteiger charge is -2.10. The zero-order chi connectivity index (χ0) is 19.6. The summed E-state index contributed by atoms with van der Waals surface area (Å²) < 4.78 is 52.7. The summed E-state index contributed by atoms with van der Waals surface area (Å²) in [5.41, 5.74) is 0. The van der Waals surface area contributed by atoms with Crippen LogP contribution in [-0.2, 0) is 23.7 Å². The molecule has 0 spiro atoms. The first kappa shape index (κ1) is 26.3. The van der Waals surface area contributed by atoms with Crippen LogP contribution in [0.1, 0.15) is 0 Å². The number of aliphatic carboxylic acids is 1. The third kappa shape index (κ3) is 25.4. The number of hydrogen-bond acceptors (Lipinski definition) is 7. The van der Waals surface area contributed by atoms with Gasteiger partial charge in [0.2, 0.25) is 0 Å². The smallest absolute Gasteiger partial charge is 0.475 e. The maximum Gasteiger partial charge on any atom is 0.490 e. The molecule has 0 aliphatic carbocycles. The van der Waals surface area contributed by atoms with Crippen LogP contribution in [0.5, 0.6) is 0 Å². The lowest BCUT2D eigenvalue weighted by atomic mass is 10.6. The van der Waals surface area contributed by atoms with Crippen LogP contribution in [0.2, 0.25) is 0 Å². The summed E-state index contributed by atoms with van der Waals surface area (Å²) in [4.78, 5) is 11.0. The minimum Gasteiger partial charge on any atom is -0.475 e. The lowest BCUT2D eigenvalue weighted by Crippen LogP contribution is -2.21. The van der Waals surface area contributed by atoms with Crippen LogP contribution in [0, 0.1) is 0 Å². The Kier molecular flexibility index (Phi) is 18.7. The number of carbonyl (C=O) groups is 1. The van der Waals surface area contributed by atoms with Crippen molar-refractivity contribution >= 4 is 5.97 Å². The summed E-state index contributed by atoms with van der Waals surface area (Å²) in [6, 6.07) is 0. The first-order chi connectivity index (χ1) is 11.7. The van der Waals surface area contributed by atoms with Crippen LogP contribution in [0.15, 0.2) is 0 Å². The van der Waals surface area contributed by atoms with Crippen LogP contribution in [0.25, 0.3) is 0 Å². The average Bonchev–Trinajstić information content (AvgIpc) is 2.51. The highest BCUT2D eigenvalue weighted by Gasteiger charge is 2.38. The lowest BCUT2D eigenvalue weighted by molar-refractivity contribution is -0.192. The van der Waals surface area contributed by atoms with Gasteiger partial charge in [0.05, 0.1) is 59.5 Å². The molecule has 0 aromatic heterocycles. The number of nitrogens with zero attached hydrogens (tertiary/aromatic N) is 1. The molecule has 2 N–H and O–H groups in total. The molecule has 0 bridgehead atoms. The number of ether oxygens (including phenoxy) is 4. The monoisotopic (exact) mass is 379 g/mol. The molecule has 152 valence electrons. The van der Waals surface area contributed by atoms with Gasteiger partial charge in [-0.05, 0) is 14.1 Å². The minimum atomic E-state index is -5.08. The second kappa shape index (κ2) is 17.8. The Morgan fingerprint density at radius 3 is 1.44 bits per heavy atom. The molecule has 0 rings (SSSR count). The third-order valence-corrected chi connectivity index (χ3v) is 2.28. The summed E-state index contributed by atoms with van der Waals surface area (Å²) in [6.45, 7) is 5.45. The maximum atomic E-state index is 10.6. The fourth-order valence-corrected chi connectivity index (χ4v) is 1.07. The number of carboxylic acid groups (broad SMARTS) is 1. The molecule has 0 fully saturated rings. The summed E-state index contributed by atoms with van der Waals surface area (Å²) in [7, 11) is 4.03. The number of halogens is 3. The number of likely N-dealkylation sites (N-methyl/N-ethyl adjacent to an activating group) is 1. The molecule has 25 heavy (non-hydrogen) atoms. The summed E-state index contributed by atoms with van der Waals surface area (Å²) in [6.07, 6.45) is -5.08. The maximum absolute atomic E-state index is 10.6. The SMILES string of the molecule is CN(C)CCOCCOCCOCCOCCO.O=C(O)C(F)(F)F. The van der Waals surface area contributed by atoms with Gasteiger partial charge in [-0.15, -0.1) is 0 Å². The van der Waals surface area contributed by atoms with Crippen molar-refractivity contribution in [1.29, 1.82) is 0 Å². The van der Waals surface area contributed by atoms with Gasteiger partial charge in [-0.2, -0.15) is 13.2 Å². The van der Waals surface area contributed by atoms with Gasteiger partial charge in [0.25, 0.3) is 0 Å². The highest BCUT2D eigenvalue weighted by Crippen LogP contribution is 2.13. The molecule has 0 aromatic carbocycles. The Morgan fingerprint density at radius 2 is 1.16 bits per heavy atom. The number of aliphatic hydroxyl groups excluding tert-OH is 1. The van der Waals surface area contributed by atoms with Gasteiger partial charge < -0.3 is 34.1 Å². The van der Waals surface area contributed by atoms with Crippen molar-refractivity contribution in [3.63, 3.8) is 0 Å². The fraction of sp³-hybridized carbons (Fsp3) is 0.929. The van der Waals surface area contributed by atoms with Gasteiger partial charge in [-0.25, -0.2) is 4.79 Å². The molecule has 0 heterocycles. The molecule has 11 heteroatoms. The molecule has 0 atom stereocenters. The first-order valence-electron chi connectivity index (χ1n) is 7.58. The number of carboxylic acids is 1. The highest BCUT2D eigenvalue weighted by atomic mass is 19.4. The molecule has 0 saturated carbocycles. The first-order valence-corrected chi connectivity index (χ1v) is 7.58. The number of alkyl halides is 3. The summed E-state index contributed by atoms with van der Waals surface area (Å²) in [5, 5.41) is 15.6. The standard InChI is InChI=1S/C12H27NO5.C2HF3O2/c1-13(2)3-5-15-7-9-17-11-12-18-10-8-16-6-4-14;3-2(4,5)1(6)7/h14H,3-12H2,1-2H3;(H,6,7). The highest BCUT2D eigenvalue weighted by molar-refractivity contribution is 5.73. The van der Waals surface area contributed by atoms with Crippen molar-refractivity contribution in [2.75, 3.05) is 80.1 Å². The van der Waals surface area contributed by atoms with Crippen molar-refractivity contribution in [2.24, 2.45) is 0 Å². The predicted octanol–water partition coefficient (Wildman–Crippen LogP) is 0.240. The van der Waals surface area contributed by atoms with Gasteiger partial charge in [-0.1, -0.05) is 0 Å². The van der Waals surface area contributed by atoms with Gasteiger partial charge >= 0.3 is 12.1 Å². The second-order valence-electron chi connectivity index (χ2n) is 4.78. The molecule has 0 amide bonds. The normalized spacial score (nSPS) is 11.3. The van der Waals surface area contributed by atoms with E-state index in [9.17, 15) is 13.2 Å². The summed E-state index contributed by atoms with van der Waals surface area (Å²) >= 11 is 0. The van der Waals surface area contributed by atoms with Crippen molar-refractivity contribution in [2.45, 2.75) is 6.18 Å². The van der Waals surface area contributed by atoms with E-state index in [0.29, 0.717) is 46.2 Å². The fourth-order valence-electron chi connectivity index (χ4n) is 1.07. The van der Waals surface area contributed by atoms with Crippen molar-refractivity contribution < 1.29 is 47.1 Å². The van der Waals surface area contributed by atoms with Gasteiger partial charge in [0, 0.05) is 6.54 Å². The topological polar surface area (TPSA) is 97.7 Å². The van der Waals surface area contributed by atoms with E-state index in [1.165, 1.54) is 0 Å². The van der Waals surface area contributed by atoms with Crippen molar-refractivity contribution in [1.82, 2.24) is 4.90 Å². The molecule has 0 radical (unpaired) electrons. The Bertz CT molecular complexity index is 305. The number of hydrogen-bond donors (Lipinski definition) is 2. The van der Waals surface area contributed by atoms with E-state index in [1.807, 2.05) is 14.1 Å². The van der Waals surface area contributed by atoms with E-state index in [0.717, 1.165) is 13.2 Å². The number of rotatable bonds is 14. The van der Waals surface area contributed by atoms with Crippen LogP contribution >= 0.6 is 0 Å². The van der Waals surface area contributed by atoms with E-state index >= 15 is 0 Å². The molecule has 0 aromatic rings. The molecule has 0 aliphatic heterocycles. The van der Waals surface area contributed by atoms with Gasteiger partial charge in [-0.3, -0.25) is 0 Å². The Morgan fingerprint density at radius 1 is 0.840 bits per heavy atom. The zero-order valence-electron chi connectivity index (χ0n) is 14.6. The van der Waals surface area contributed by atoms with E-state index in [1.54, 1.807) is 0 Å². The molecule has 0 aliphatic rings. The largest absolute Gasteiger partial charge is 0.490 e. The van der Waals surface area contributed by atoms with E-state index in [-0.39, 0.29) is 6.61 Å². The molecule has 0 unspecified atom stereocenters. The van der Waals surface area contributed by atoms with E-state index < -0.39 is 12.1 Å². The molecule has 0 saturated heterocycles. The van der Waals surface area contributed by atoms with E-state index in [2.05, 4.69) is 4.90 Å². The second-order valence-corrected chi connectivity index (χ2v) is 4.78. The quantitative estimate of drug-likeness (QED) is 0.414. The molecular formula is C14H28F3NO7. The van der Waals surface area contributed by atoms with Crippen LogP contribution in [-0.4, -0.2) is 107 Å². The number of aliphatic hydroxyl groups is 1. The van der Waals surface area contributed by atoms with Gasteiger partial charge in [0.1, 0.15) is 0 Å². The zero-order valence-corrected chi connectivity index (χ0v) is 14.6. The molecular weight excluding hydrogens is 351 g/mol. The minimum absolute atomic E-state index is 0.0525. The van der Waals surface area contributed by atoms with Crippen molar-refractivity contribution in [3.8, 4) is 0 Å². The van der Waals surface area contributed by atoms with E-state index in [4.69, 9.17) is 34.0 Å². The Labute approximate surface area is 145 Å². The van der Waals surface area contributed by atoms with Crippen LogP contribution < -0.4 is 0 Å². The summed E-state index contributed by atoms with van der Waals surface area (Å²) in [5.74, 6) is -2.76. The molecule has 8 nitrogen and oxygen atoms in total.